The molecule has 0 aliphatic rings. The molecule has 0 aliphatic heterocycles. The molecule has 2 aromatic heterocycles. The molecule has 0 aliphatic carbocycles. The largest absolute Gasteiger partial charge is 0.248 e. The van der Waals surface area contributed by atoms with Crippen molar-refractivity contribution in [1.29, 1.82) is 0 Å². The topological polar surface area (TPSA) is 43.1 Å². The van der Waals surface area contributed by atoms with Gasteiger partial charge in [-0.1, -0.05) is 0 Å². The third-order valence-corrected chi connectivity index (χ3v) is 1.51. The normalized spacial score (nSPS) is 10.8. The first-order chi connectivity index (χ1) is 6.45. The van der Waals surface area contributed by atoms with Crippen molar-refractivity contribution in [2.24, 2.45) is 5.10 Å². The fourth-order valence-electron chi connectivity index (χ4n) is 0.913. The summed E-state index contributed by atoms with van der Waals surface area (Å²) in [5.74, 6) is 0. The van der Waals surface area contributed by atoms with Crippen LogP contribution in [0.2, 0.25) is 0 Å². The van der Waals surface area contributed by atoms with Crippen LogP contribution in [0.1, 0.15) is 5.56 Å². The number of hydrogen-bond donors (Lipinski definition) is 0. The Morgan fingerprint density at radius 1 is 1.15 bits per heavy atom. The van der Waals surface area contributed by atoms with Crippen LogP contribution >= 0.6 is 0 Å². The van der Waals surface area contributed by atoms with E-state index in [1.807, 2.05) is 24.5 Å². The minimum Gasteiger partial charge on any atom is -0.248 e. The summed E-state index contributed by atoms with van der Waals surface area (Å²) in [5.41, 5.74) is 0.885. The number of rotatable bonds is 2. The summed E-state index contributed by atoms with van der Waals surface area (Å²) in [4.78, 5) is 7.75. The van der Waals surface area contributed by atoms with E-state index in [0.717, 1.165) is 5.56 Å². The molecular weight excluding hydrogens is 164 g/mol. The Hall–Kier alpha value is -1.97. The van der Waals surface area contributed by atoms with E-state index in [4.69, 9.17) is 0 Å². The monoisotopic (exact) mass is 172 g/mol. The van der Waals surface area contributed by atoms with Gasteiger partial charge in [-0.15, -0.1) is 0 Å². The van der Waals surface area contributed by atoms with Crippen molar-refractivity contribution in [3.8, 4) is 0 Å². The average molecular weight is 172 g/mol. The maximum absolute atomic E-state index is 4.15. The van der Waals surface area contributed by atoms with E-state index in [-0.39, 0.29) is 0 Å². The minimum absolute atomic E-state index is 0.885. The van der Waals surface area contributed by atoms with E-state index < -0.39 is 0 Å². The highest BCUT2D eigenvalue weighted by Gasteiger charge is 1.85. The molecular formula is C9H8N4. The molecule has 0 amide bonds. The molecule has 0 saturated heterocycles. The van der Waals surface area contributed by atoms with Crippen molar-refractivity contribution in [3.05, 3.63) is 48.8 Å². The van der Waals surface area contributed by atoms with Crippen LogP contribution in [0, 0.1) is 0 Å². The van der Waals surface area contributed by atoms with E-state index in [0.29, 0.717) is 0 Å². The van der Waals surface area contributed by atoms with Gasteiger partial charge < -0.3 is 0 Å². The third kappa shape index (κ3) is 1.99. The fourth-order valence-corrected chi connectivity index (χ4v) is 0.913. The molecule has 2 aromatic rings. The highest BCUT2D eigenvalue weighted by molar-refractivity contribution is 5.78. The number of hydrogen-bond acceptors (Lipinski definition) is 3. The lowest BCUT2D eigenvalue weighted by Crippen LogP contribution is -1.88. The zero-order valence-corrected chi connectivity index (χ0v) is 6.91. The summed E-state index contributed by atoms with van der Waals surface area (Å²) in [6.07, 6.45) is 10.3. The molecule has 64 valence electrons. The van der Waals surface area contributed by atoms with Gasteiger partial charge >= 0.3 is 0 Å². The predicted molar refractivity (Wildman–Crippen MR) is 49.5 cm³/mol. The van der Waals surface area contributed by atoms with Gasteiger partial charge in [-0.2, -0.15) is 5.10 Å². The van der Waals surface area contributed by atoms with Crippen molar-refractivity contribution in [3.63, 3.8) is 0 Å². The molecule has 4 heteroatoms. The molecule has 2 rings (SSSR count). The molecule has 0 aromatic carbocycles. The first-order valence-electron chi connectivity index (χ1n) is 3.87. The Labute approximate surface area is 75.6 Å². The van der Waals surface area contributed by atoms with Gasteiger partial charge in [0.1, 0.15) is 6.33 Å². The molecule has 0 bridgehead atoms. The molecule has 2 heterocycles. The van der Waals surface area contributed by atoms with Crippen molar-refractivity contribution >= 4 is 6.21 Å². The van der Waals surface area contributed by atoms with Crippen LogP contribution in [0.15, 0.2) is 48.3 Å². The second-order valence-corrected chi connectivity index (χ2v) is 2.48. The zero-order chi connectivity index (χ0) is 8.93. The minimum atomic E-state index is 0.885. The van der Waals surface area contributed by atoms with Gasteiger partial charge in [-0.25, -0.2) is 14.6 Å². The summed E-state index contributed by atoms with van der Waals surface area (Å²) < 4.78 is 1.72. The summed E-state index contributed by atoms with van der Waals surface area (Å²) >= 11 is 0. The maximum atomic E-state index is 4.15. The van der Waals surface area contributed by atoms with E-state index in [9.17, 15) is 0 Å². The molecule has 0 atom stereocenters. The standard InChI is InChI=1S/C9H8N4/c1-2-4-13(3-1)12-7-9-5-10-8-11-6-9/h1-8H/b12-7+. The molecule has 4 nitrogen and oxygen atoms in total. The lowest BCUT2D eigenvalue weighted by Gasteiger charge is -1.91. The van der Waals surface area contributed by atoms with Crippen LogP contribution in [0.5, 0.6) is 0 Å². The summed E-state index contributed by atoms with van der Waals surface area (Å²) in [6.45, 7) is 0. The summed E-state index contributed by atoms with van der Waals surface area (Å²) in [5, 5.41) is 4.15. The van der Waals surface area contributed by atoms with Gasteiger partial charge in [0.25, 0.3) is 0 Å². The van der Waals surface area contributed by atoms with Gasteiger partial charge in [0.15, 0.2) is 0 Å². The summed E-state index contributed by atoms with van der Waals surface area (Å²) in [7, 11) is 0. The van der Waals surface area contributed by atoms with E-state index >= 15 is 0 Å². The number of nitrogens with zero attached hydrogens (tertiary/aromatic N) is 4. The lowest BCUT2D eigenvalue weighted by molar-refractivity contribution is 0.894. The predicted octanol–water partition coefficient (Wildman–Crippen LogP) is 1.16. The van der Waals surface area contributed by atoms with Crippen LogP contribution in [-0.2, 0) is 0 Å². The smallest absolute Gasteiger partial charge is 0.115 e. The Morgan fingerprint density at radius 2 is 1.85 bits per heavy atom. The Balaban J connectivity index is 2.15. The average Bonchev–Trinajstić information content (AvgIpc) is 2.69. The molecule has 0 spiro atoms. The van der Waals surface area contributed by atoms with Gasteiger partial charge in [0.2, 0.25) is 0 Å². The number of aromatic nitrogens is 3. The van der Waals surface area contributed by atoms with E-state index in [1.54, 1.807) is 23.3 Å². The van der Waals surface area contributed by atoms with Crippen molar-refractivity contribution < 1.29 is 0 Å². The third-order valence-electron chi connectivity index (χ3n) is 1.51. The van der Waals surface area contributed by atoms with Crippen LogP contribution in [0.4, 0.5) is 0 Å². The van der Waals surface area contributed by atoms with Crippen molar-refractivity contribution in [1.82, 2.24) is 14.6 Å². The van der Waals surface area contributed by atoms with Crippen molar-refractivity contribution in [2.45, 2.75) is 0 Å². The molecule has 0 saturated carbocycles. The molecule has 0 N–H and O–H groups in total. The van der Waals surface area contributed by atoms with E-state index in [1.165, 1.54) is 6.33 Å². The lowest BCUT2D eigenvalue weighted by atomic mass is 10.4. The van der Waals surface area contributed by atoms with E-state index in [2.05, 4.69) is 15.1 Å². The fraction of sp³-hybridized carbons (Fsp3) is 0. The Kier molecular flexibility index (Phi) is 2.14. The van der Waals surface area contributed by atoms with Crippen molar-refractivity contribution in [2.75, 3.05) is 0 Å². The van der Waals surface area contributed by atoms with Crippen LogP contribution in [0.3, 0.4) is 0 Å². The highest BCUT2D eigenvalue weighted by Crippen LogP contribution is 1.91. The first kappa shape index (κ1) is 7.67. The quantitative estimate of drug-likeness (QED) is 0.638. The van der Waals surface area contributed by atoms with Crippen LogP contribution in [0.25, 0.3) is 0 Å². The first-order valence-corrected chi connectivity index (χ1v) is 3.87. The highest BCUT2D eigenvalue weighted by atomic mass is 15.3. The second kappa shape index (κ2) is 3.62. The van der Waals surface area contributed by atoms with Gasteiger partial charge in [-0.3, -0.25) is 0 Å². The zero-order valence-electron chi connectivity index (χ0n) is 6.91. The SMILES string of the molecule is C(=N\n1cccc1)/c1cncnc1. The molecule has 0 unspecified atom stereocenters. The van der Waals surface area contributed by atoms with Crippen LogP contribution < -0.4 is 0 Å². The second-order valence-electron chi connectivity index (χ2n) is 2.48. The summed E-state index contributed by atoms with van der Waals surface area (Å²) in [6, 6.07) is 3.83. The molecule has 0 fully saturated rings. The van der Waals surface area contributed by atoms with Gasteiger partial charge in [0.05, 0.1) is 6.21 Å². The Morgan fingerprint density at radius 3 is 2.54 bits per heavy atom. The maximum Gasteiger partial charge on any atom is 0.115 e. The van der Waals surface area contributed by atoms with Gasteiger partial charge in [-0.05, 0) is 12.1 Å². The molecule has 0 radical (unpaired) electrons. The Bertz CT molecular complexity index is 377. The van der Waals surface area contributed by atoms with Gasteiger partial charge in [0, 0.05) is 30.4 Å². The van der Waals surface area contributed by atoms with Crippen LogP contribution in [-0.4, -0.2) is 20.9 Å². The molecule has 13 heavy (non-hydrogen) atoms.